The molecule has 8 heteroatoms. The van der Waals surface area contributed by atoms with Crippen LogP contribution in [0.25, 0.3) is 0 Å². The van der Waals surface area contributed by atoms with E-state index in [0.717, 1.165) is 0 Å². The van der Waals surface area contributed by atoms with Gasteiger partial charge in [0, 0.05) is 22.4 Å². The summed E-state index contributed by atoms with van der Waals surface area (Å²) in [5, 5.41) is 25.9. The standard InChI is InChI=1S/3CHNS.Au.K.H/c3*2-1-3;;;/h3*3H;;;. The Morgan fingerprint density at radius 3 is 0.727 bits per heavy atom. The van der Waals surface area contributed by atoms with E-state index in [9.17, 15) is 0 Å². The van der Waals surface area contributed by atoms with Crippen LogP contribution in [-0.2, 0) is 22.4 Å². The zero-order valence-corrected chi connectivity index (χ0v) is 9.33. The van der Waals surface area contributed by atoms with Gasteiger partial charge in [-0.15, -0.1) is 0 Å². The third-order valence-electron chi connectivity index (χ3n) is 0. The number of thiocyanates is 3. The van der Waals surface area contributed by atoms with E-state index >= 15 is 0 Å². The van der Waals surface area contributed by atoms with Crippen molar-refractivity contribution in [3.05, 3.63) is 0 Å². The van der Waals surface area contributed by atoms with Gasteiger partial charge >= 0.3 is 51.4 Å². The van der Waals surface area contributed by atoms with E-state index in [2.05, 4.69) is 37.9 Å². The normalized spacial score (nSPS) is 2.18. The Labute approximate surface area is 141 Å². The second-order valence-electron chi connectivity index (χ2n) is 0.300. The summed E-state index contributed by atoms with van der Waals surface area (Å²) in [7, 11) is 0. The van der Waals surface area contributed by atoms with Crippen molar-refractivity contribution in [3.63, 3.8) is 0 Å². The first kappa shape index (κ1) is 29.3. The molecule has 0 unspecified atom stereocenters. The van der Waals surface area contributed by atoms with Gasteiger partial charge in [-0.1, -0.05) is 37.9 Å². The Balaban J connectivity index is -0.0000000150. The molecule has 0 saturated carbocycles. The van der Waals surface area contributed by atoms with Crippen LogP contribution in [0.5, 0.6) is 0 Å². The molecule has 0 N–H and O–H groups in total. The van der Waals surface area contributed by atoms with Gasteiger partial charge in [-0.2, -0.15) is 15.8 Å². The van der Waals surface area contributed by atoms with Gasteiger partial charge in [-0.05, 0) is 0 Å². The molecule has 0 aromatic rings. The van der Waals surface area contributed by atoms with Crippen LogP contribution < -0.4 is 0 Å². The summed E-state index contributed by atoms with van der Waals surface area (Å²) in [5.41, 5.74) is 0. The third kappa shape index (κ3) is 324. The Morgan fingerprint density at radius 1 is 0.727 bits per heavy atom. The van der Waals surface area contributed by atoms with E-state index in [4.69, 9.17) is 15.8 Å². The molecular formula is C3H4AuKN3S3. The van der Waals surface area contributed by atoms with E-state index in [1.807, 2.05) is 0 Å². The van der Waals surface area contributed by atoms with Gasteiger partial charge in [-0.25, -0.2) is 0 Å². The van der Waals surface area contributed by atoms with Crippen molar-refractivity contribution in [3.8, 4) is 16.2 Å². The van der Waals surface area contributed by atoms with E-state index in [1.165, 1.54) is 16.2 Å². The van der Waals surface area contributed by atoms with Gasteiger partial charge in [0.15, 0.2) is 0 Å². The van der Waals surface area contributed by atoms with Crippen LogP contribution in [0.15, 0.2) is 0 Å². The van der Waals surface area contributed by atoms with Crippen LogP contribution in [-0.4, -0.2) is 51.4 Å². The van der Waals surface area contributed by atoms with Crippen molar-refractivity contribution in [2.75, 3.05) is 0 Å². The second-order valence-corrected chi connectivity index (χ2v) is 0.900. The molecule has 0 aliphatic rings. The predicted molar refractivity (Wildman–Crippen MR) is 50.9 cm³/mol. The topological polar surface area (TPSA) is 71.4 Å². The van der Waals surface area contributed by atoms with Gasteiger partial charge < -0.3 is 0 Å². The molecule has 0 heterocycles. The van der Waals surface area contributed by atoms with Crippen molar-refractivity contribution in [1.29, 1.82) is 15.8 Å². The molecule has 11 heavy (non-hydrogen) atoms. The van der Waals surface area contributed by atoms with Crippen molar-refractivity contribution in [1.82, 2.24) is 0 Å². The van der Waals surface area contributed by atoms with Crippen LogP contribution in [0.4, 0.5) is 0 Å². The van der Waals surface area contributed by atoms with Crippen molar-refractivity contribution < 1.29 is 22.4 Å². The molecule has 1 radical (unpaired) electrons. The molecule has 0 aromatic carbocycles. The molecule has 3 nitrogen and oxygen atoms in total. The summed E-state index contributed by atoms with van der Waals surface area (Å²) in [6.07, 6.45) is 0. The van der Waals surface area contributed by atoms with Crippen molar-refractivity contribution in [2.45, 2.75) is 0 Å². The molecular weight excluding hydrogens is 410 g/mol. The minimum atomic E-state index is 0. The molecule has 0 amide bonds. The second kappa shape index (κ2) is 58.9. The maximum absolute atomic E-state index is 7.18. The quantitative estimate of drug-likeness (QED) is 0.308. The number of hydrogen-bond donors (Lipinski definition) is 3. The first-order chi connectivity index (χ1) is 4.24. The summed E-state index contributed by atoms with van der Waals surface area (Å²) in [4.78, 5) is 0. The third-order valence-corrected chi connectivity index (χ3v) is 0. The fourth-order valence-corrected chi connectivity index (χ4v) is 0. The summed E-state index contributed by atoms with van der Waals surface area (Å²) < 4.78 is 0. The average molecular weight is 414 g/mol. The number of hydrogen-bond acceptors (Lipinski definition) is 6. The predicted octanol–water partition coefficient (Wildman–Crippen LogP) is 0.541. The zero-order chi connectivity index (χ0) is 8.12. The number of thiol groups is 3. The van der Waals surface area contributed by atoms with Crippen LogP contribution in [0.2, 0.25) is 0 Å². The Hall–Kier alpha value is 1.90. The summed E-state index contributed by atoms with van der Waals surface area (Å²) in [6.45, 7) is 0. The van der Waals surface area contributed by atoms with Crippen molar-refractivity contribution in [2.24, 2.45) is 0 Å². The van der Waals surface area contributed by atoms with E-state index in [0.29, 0.717) is 0 Å². The molecule has 0 aliphatic heterocycles. The minimum absolute atomic E-state index is 0. The molecule has 0 aromatic heterocycles. The van der Waals surface area contributed by atoms with Gasteiger partial charge in [0.25, 0.3) is 0 Å². The molecule has 61 valence electrons. The fourth-order valence-electron chi connectivity index (χ4n) is 0. The fraction of sp³-hybridized carbons (Fsp3) is 0. The van der Waals surface area contributed by atoms with Crippen LogP contribution in [0.3, 0.4) is 0 Å². The number of nitriles is 3. The van der Waals surface area contributed by atoms with Gasteiger partial charge in [0.2, 0.25) is 0 Å². The number of rotatable bonds is 0. The number of nitrogens with zero attached hydrogens (tertiary/aromatic N) is 3. The van der Waals surface area contributed by atoms with Crippen LogP contribution >= 0.6 is 37.9 Å². The SMILES string of the molecule is N#CS.N#CS.N#CS.[Au].[KH]. The van der Waals surface area contributed by atoms with Crippen LogP contribution in [0.1, 0.15) is 0 Å². The van der Waals surface area contributed by atoms with Gasteiger partial charge in [-0.3, -0.25) is 0 Å². The first-order valence-corrected chi connectivity index (χ1v) is 2.68. The zero-order valence-electron chi connectivity index (χ0n) is 4.48. The molecule has 0 aliphatic carbocycles. The van der Waals surface area contributed by atoms with Crippen LogP contribution in [0, 0.1) is 32.0 Å². The Kier molecular flexibility index (Phi) is 157. The maximum atomic E-state index is 7.18. The van der Waals surface area contributed by atoms with E-state index in [1.54, 1.807) is 0 Å². The van der Waals surface area contributed by atoms with E-state index < -0.39 is 0 Å². The monoisotopic (exact) mass is 414 g/mol. The van der Waals surface area contributed by atoms with E-state index in [-0.39, 0.29) is 73.8 Å². The summed E-state index contributed by atoms with van der Waals surface area (Å²) in [6, 6.07) is 0. The Morgan fingerprint density at radius 2 is 0.727 bits per heavy atom. The Bertz CT molecular complexity index is 117. The molecule has 0 bridgehead atoms. The molecule has 0 spiro atoms. The molecule has 0 fully saturated rings. The van der Waals surface area contributed by atoms with Gasteiger partial charge in [0.05, 0.1) is 0 Å². The average Bonchev–Trinajstić information content (AvgIpc) is 1.70. The summed E-state index contributed by atoms with van der Waals surface area (Å²) in [5.74, 6) is 0. The van der Waals surface area contributed by atoms with Gasteiger partial charge in [0.1, 0.15) is 16.2 Å². The molecule has 0 saturated heterocycles. The molecule has 0 atom stereocenters. The molecule has 0 rings (SSSR count). The van der Waals surface area contributed by atoms with Crippen molar-refractivity contribution >= 4 is 89.3 Å². The first-order valence-electron chi connectivity index (χ1n) is 1.34. The summed E-state index contributed by atoms with van der Waals surface area (Å²) >= 11 is 9.28.